The first-order valence-electron chi connectivity index (χ1n) is 18.5. The highest BCUT2D eigenvalue weighted by atomic mass is 32.2. The van der Waals surface area contributed by atoms with Crippen molar-refractivity contribution in [3.63, 3.8) is 0 Å². The van der Waals surface area contributed by atoms with Crippen LogP contribution in [-0.2, 0) is 66.3 Å². The molecule has 1 fully saturated rings. The van der Waals surface area contributed by atoms with Gasteiger partial charge in [-0.2, -0.15) is 0 Å². The highest BCUT2D eigenvalue weighted by Crippen LogP contribution is 2.56. The van der Waals surface area contributed by atoms with Crippen molar-refractivity contribution in [2.24, 2.45) is 5.41 Å². The van der Waals surface area contributed by atoms with Gasteiger partial charge in [-0.15, -0.1) is 0 Å². The quantitative estimate of drug-likeness (QED) is 0.0375. The van der Waals surface area contributed by atoms with Gasteiger partial charge < -0.3 is 74.1 Å². The minimum atomic E-state index is -5.98. The van der Waals surface area contributed by atoms with Crippen LogP contribution < -0.4 is 35.9 Å². The lowest BCUT2D eigenvalue weighted by Gasteiger charge is -2.36. The van der Waals surface area contributed by atoms with Crippen molar-refractivity contribution in [2.75, 3.05) is 43.5 Å². The third kappa shape index (κ3) is 14.8. The fraction of sp³-hybridized carbons (Fsp3) is 0.562. The fourth-order valence-electron chi connectivity index (χ4n) is 5.87. The zero-order valence-electron chi connectivity index (χ0n) is 33.9. The number of nitrogen functional groups attached to an aromatic ring is 1. The van der Waals surface area contributed by atoms with Crippen LogP contribution in [0, 0.1) is 5.41 Å². The third-order valence-electron chi connectivity index (χ3n) is 9.14. The average molecular weight is 1000 g/mol. The van der Waals surface area contributed by atoms with Crippen molar-refractivity contribution in [2.45, 2.75) is 74.8 Å². The normalized spacial score (nSPS) is 22.3. The molecule has 0 saturated carbocycles. The number of phosphoric ester groups is 3. The summed E-state index contributed by atoms with van der Waals surface area (Å²) in [5.41, 5.74) is 1.91. The number of thioether (sulfide) groups is 1. The van der Waals surface area contributed by atoms with E-state index in [4.69, 9.17) is 10.5 Å². The first kappa shape index (κ1) is 53.3. The Kier molecular flexibility index (Phi) is 17.9. The summed E-state index contributed by atoms with van der Waals surface area (Å²) in [6.07, 6.45) is -8.26. The van der Waals surface area contributed by atoms with Gasteiger partial charge in [-0.1, -0.05) is 43.8 Å². The van der Waals surface area contributed by atoms with Gasteiger partial charge in [0.15, 0.2) is 32.1 Å². The number of carbonyl (C=O) groups is 3. The summed E-state index contributed by atoms with van der Waals surface area (Å²) in [4.78, 5) is 97.0. The maximum absolute atomic E-state index is 12.6. The number of nitrogens with one attached hydrogen (secondary N) is 2. The van der Waals surface area contributed by atoms with E-state index in [0.29, 0.717) is 0 Å². The van der Waals surface area contributed by atoms with Crippen molar-refractivity contribution in [1.82, 2.24) is 30.2 Å². The maximum Gasteiger partial charge on any atom is 0.274 e. The van der Waals surface area contributed by atoms with E-state index >= 15 is 0 Å². The van der Waals surface area contributed by atoms with Crippen LogP contribution in [0.15, 0.2) is 47.9 Å². The van der Waals surface area contributed by atoms with Crippen LogP contribution in [0.3, 0.4) is 0 Å². The molecule has 27 nitrogen and oxygen atoms in total. The minimum absolute atomic E-state index is 0.00281. The summed E-state index contributed by atoms with van der Waals surface area (Å²) < 4.78 is 85.9. The molecule has 32 heteroatoms. The number of aliphatic hydroxyl groups excluding tert-OH is 3. The smallest absolute Gasteiger partial charge is 0.274 e. The first-order valence-corrected chi connectivity index (χ1v) is 25.5. The van der Waals surface area contributed by atoms with E-state index in [1.165, 1.54) is 24.3 Å². The van der Waals surface area contributed by atoms with E-state index in [-0.39, 0.29) is 47.1 Å². The van der Waals surface area contributed by atoms with Gasteiger partial charge >= 0.3 is 0 Å². The van der Waals surface area contributed by atoms with E-state index in [0.717, 1.165) is 49.8 Å². The number of aliphatic hydroxyl groups is 3. The van der Waals surface area contributed by atoms with Gasteiger partial charge in [0.05, 0.1) is 44.1 Å². The van der Waals surface area contributed by atoms with Gasteiger partial charge in [0.1, 0.15) is 36.3 Å². The molecule has 8 atom stereocenters. The number of phosphoric acid groups is 3. The molecule has 2 amide bonds. The van der Waals surface area contributed by atoms with E-state index in [9.17, 15) is 71.4 Å². The SMILES string of the molecule is CC(C)(COP(=O)([O-])OP(=O)([O-])OCC1OC(C)(n2cnc3c(N)ncnc32)C(O)C1OP(=O)([O-])[O-])C(O)C(=O)NCCC(=O)NCCSC(=O)CC(O)CS(=O)(=O)c1ccccc1. The predicted octanol–water partition coefficient (Wildman–Crippen LogP) is -3.46. The molecule has 1 aromatic carbocycles. The number of anilines is 1. The molecule has 1 aliphatic heterocycles. The maximum atomic E-state index is 12.6. The number of hydrogen-bond donors (Lipinski definition) is 6. The Hall–Kier alpha value is -3.31. The summed E-state index contributed by atoms with van der Waals surface area (Å²) >= 11 is 0.754. The Morgan fingerprint density at radius 1 is 1.03 bits per heavy atom. The van der Waals surface area contributed by atoms with Crippen molar-refractivity contribution >= 4 is 79.0 Å². The summed E-state index contributed by atoms with van der Waals surface area (Å²) in [6.45, 7) is 0.787. The second-order valence-corrected chi connectivity index (χ2v) is 22.0. The summed E-state index contributed by atoms with van der Waals surface area (Å²) in [5.74, 6) is -2.35. The number of imidazole rings is 1. The fourth-order valence-corrected chi connectivity index (χ4v) is 10.7. The second kappa shape index (κ2) is 21.5. The Bertz CT molecular complexity index is 2390. The zero-order valence-corrected chi connectivity index (χ0v) is 38.2. The molecule has 0 aliphatic carbocycles. The van der Waals surface area contributed by atoms with E-state index < -0.39 is 117 Å². The van der Waals surface area contributed by atoms with Crippen LogP contribution in [0.1, 0.15) is 33.6 Å². The number of nitrogens with zero attached hydrogens (tertiary/aromatic N) is 4. The van der Waals surface area contributed by atoms with Crippen LogP contribution in [0.2, 0.25) is 0 Å². The number of fused-ring (bicyclic) bond motifs is 1. The molecule has 8 unspecified atom stereocenters. The number of carbonyl (C=O) groups excluding carboxylic acids is 3. The standard InChI is InChI=1S/C32H48N7O20P3S2/c1-31(2,27(44)30(45)35-10-9-22(41)34-11-12-63-23(42)13-19(40)15-64(53,54)20-7-5-4-6-8-20)16-56-62(51,52)59-61(49,50)55-14-21-25(58-60(46,47)48)26(43)32(3,57-21)39-18-38-24-28(33)36-17-37-29(24)39/h4-8,17-19,21,25-27,40,43-44H,9-16H2,1-3H3,(H,34,41)(H,35,45)(H,49,50)(H,51,52)(H2,33,36,37)(H2,46,47,48)/p-4. The lowest BCUT2D eigenvalue weighted by Crippen LogP contribution is -2.46. The first-order chi connectivity index (χ1) is 29.6. The summed E-state index contributed by atoms with van der Waals surface area (Å²) in [5, 5.41) is 36.0. The van der Waals surface area contributed by atoms with Crippen LogP contribution in [-0.4, -0.2) is 129 Å². The van der Waals surface area contributed by atoms with Crippen molar-refractivity contribution in [1.29, 1.82) is 0 Å². The lowest BCUT2D eigenvalue weighted by molar-refractivity contribution is -0.347. The molecule has 4 rings (SSSR count). The summed E-state index contributed by atoms with van der Waals surface area (Å²) in [6, 6.07) is 7.40. The van der Waals surface area contributed by atoms with Crippen molar-refractivity contribution in [3.05, 3.63) is 43.0 Å². The predicted molar refractivity (Wildman–Crippen MR) is 212 cm³/mol. The average Bonchev–Trinajstić information content (AvgIpc) is 3.73. The van der Waals surface area contributed by atoms with Crippen LogP contribution >= 0.6 is 35.2 Å². The molecule has 3 aromatic rings. The molecular formula is C32H44N7O20P3S2-4. The largest absolute Gasteiger partial charge is 0.790 e. The van der Waals surface area contributed by atoms with Crippen LogP contribution in [0.25, 0.3) is 11.2 Å². The Morgan fingerprint density at radius 2 is 1.69 bits per heavy atom. The lowest BCUT2D eigenvalue weighted by atomic mass is 9.87. The Morgan fingerprint density at radius 3 is 2.34 bits per heavy atom. The van der Waals surface area contributed by atoms with Crippen molar-refractivity contribution in [3.8, 4) is 0 Å². The number of hydrogen-bond acceptors (Lipinski definition) is 25. The minimum Gasteiger partial charge on any atom is -0.790 e. The number of benzene rings is 1. The molecular weight excluding hydrogens is 959 g/mol. The van der Waals surface area contributed by atoms with Gasteiger partial charge in [0.2, 0.25) is 11.8 Å². The molecule has 1 saturated heterocycles. The second-order valence-electron chi connectivity index (χ2n) is 14.7. The third-order valence-corrected chi connectivity index (χ3v) is 14.9. The molecule has 0 spiro atoms. The molecule has 358 valence electrons. The number of sulfone groups is 1. The Labute approximate surface area is 368 Å². The monoisotopic (exact) mass is 1000 g/mol. The summed E-state index contributed by atoms with van der Waals surface area (Å²) in [7, 11) is -21.6. The number of rotatable bonds is 24. The number of aromatic nitrogens is 4. The van der Waals surface area contributed by atoms with Gasteiger partial charge in [-0.25, -0.2) is 27.7 Å². The molecule has 3 heterocycles. The topological polar surface area (TPSA) is 429 Å². The molecule has 1 aliphatic rings. The van der Waals surface area contributed by atoms with Gasteiger partial charge in [0.25, 0.3) is 15.6 Å². The highest BCUT2D eigenvalue weighted by Gasteiger charge is 2.55. The van der Waals surface area contributed by atoms with E-state index in [1.807, 2.05) is 0 Å². The number of amides is 2. The Balaban J connectivity index is 1.19. The molecule has 7 N–H and O–H groups in total. The number of nitrogens with two attached hydrogens (primary N) is 1. The molecule has 64 heavy (non-hydrogen) atoms. The van der Waals surface area contributed by atoms with Gasteiger partial charge in [0, 0.05) is 37.1 Å². The zero-order chi connectivity index (χ0) is 47.9. The van der Waals surface area contributed by atoms with Crippen molar-refractivity contribution < 1.29 is 94.0 Å². The highest BCUT2D eigenvalue weighted by molar-refractivity contribution is 8.13. The van der Waals surface area contributed by atoms with Crippen LogP contribution in [0.4, 0.5) is 5.82 Å². The van der Waals surface area contributed by atoms with E-state index in [2.05, 4.69) is 43.5 Å². The molecule has 0 bridgehead atoms. The van der Waals surface area contributed by atoms with Gasteiger partial charge in [-0.05, 0) is 19.1 Å². The van der Waals surface area contributed by atoms with Gasteiger partial charge in [-0.3, -0.25) is 28.1 Å². The molecule has 0 radical (unpaired) electrons. The molecule has 2 aromatic heterocycles. The van der Waals surface area contributed by atoms with E-state index in [1.54, 1.807) is 6.07 Å². The van der Waals surface area contributed by atoms with Crippen LogP contribution in [0.5, 0.6) is 0 Å². The number of ether oxygens (including phenoxy) is 1.